The van der Waals surface area contributed by atoms with Crippen LogP contribution in [0.3, 0.4) is 0 Å². The number of rotatable bonds is 6. The van der Waals surface area contributed by atoms with E-state index in [1.807, 2.05) is 30.3 Å². The second-order valence-corrected chi connectivity index (χ2v) is 7.46. The molecule has 1 unspecified atom stereocenters. The smallest absolute Gasteiger partial charge is 0.328 e. The van der Waals surface area contributed by atoms with Gasteiger partial charge in [0, 0.05) is 13.1 Å². The average Bonchev–Trinajstić information content (AvgIpc) is 2.71. The fourth-order valence-corrected chi connectivity index (χ4v) is 4.07. The molecule has 4 nitrogen and oxygen atoms in total. The van der Waals surface area contributed by atoms with Crippen LogP contribution in [0.5, 0.6) is 0 Å². The summed E-state index contributed by atoms with van der Waals surface area (Å²) >= 11 is 0. The van der Waals surface area contributed by atoms with Crippen molar-refractivity contribution in [3.05, 3.63) is 71.5 Å². The topological polar surface area (TPSA) is 41.6 Å². The quantitative estimate of drug-likeness (QED) is 0.795. The predicted octanol–water partition coefficient (Wildman–Crippen LogP) is 3.29. The van der Waals surface area contributed by atoms with E-state index < -0.39 is 6.04 Å². The van der Waals surface area contributed by atoms with Crippen LogP contribution in [0.1, 0.15) is 30.0 Å². The molecule has 3 aliphatic heterocycles. The Morgan fingerprint density at radius 1 is 1.11 bits per heavy atom. The number of carbonyl (C=O) groups excluding carboxylic acids is 1. The highest BCUT2D eigenvalue weighted by atomic mass is 19.1. The minimum Gasteiger partial charge on any atom is -0.459 e. The Balaban J connectivity index is 1.45. The first-order valence-electron chi connectivity index (χ1n) is 9.64. The zero-order valence-electron chi connectivity index (χ0n) is 15.3. The van der Waals surface area contributed by atoms with Crippen LogP contribution in [0.15, 0.2) is 54.6 Å². The van der Waals surface area contributed by atoms with Gasteiger partial charge in [0.1, 0.15) is 18.0 Å². The summed E-state index contributed by atoms with van der Waals surface area (Å²) < 4.78 is 19.1. The van der Waals surface area contributed by atoms with E-state index in [0.29, 0.717) is 12.5 Å². The molecule has 3 fully saturated rings. The van der Waals surface area contributed by atoms with Crippen LogP contribution in [0.4, 0.5) is 4.39 Å². The average molecular weight is 368 g/mol. The molecule has 1 N–H and O–H groups in total. The zero-order valence-corrected chi connectivity index (χ0v) is 15.3. The molecule has 3 saturated heterocycles. The molecule has 5 heteroatoms. The SMILES string of the molecule is O=C(OC1CN2CCC1CC2)[C@H](NCc1ccc(F)cc1)c1ccccc1. The van der Waals surface area contributed by atoms with Crippen LogP contribution in [0, 0.1) is 11.7 Å². The Kier molecular flexibility index (Phi) is 5.50. The molecule has 0 spiro atoms. The number of ether oxygens (including phenoxy) is 1. The maximum Gasteiger partial charge on any atom is 0.328 e. The summed E-state index contributed by atoms with van der Waals surface area (Å²) in [6.07, 6.45) is 2.20. The van der Waals surface area contributed by atoms with E-state index in [0.717, 1.165) is 43.6 Å². The van der Waals surface area contributed by atoms with E-state index in [4.69, 9.17) is 4.74 Å². The molecule has 2 aromatic rings. The van der Waals surface area contributed by atoms with Gasteiger partial charge in [-0.1, -0.05) is 42.5 Å². The Morgan fingerprint density at radius 3 is 2.44 bits per heavy atom. The number of piperidine rings is 3. The van der Waals surface area contributed by atoms with E-state index in [1.165, 1.54) is 12.1 Å². The van der Waals surface area contributed by atoms with Gasteiger partial charge in [-0.05, 0) is 55.1 Å². The van der Waals surface area contributed by atoms with E-state index >= 15 is 0 Å². The summed E-state index contributed by atoms with van der Waals surface area (Å²) in [5, 5.41) is 3.29. The predicted molar refractivity (Wildman–Crippen MR) is 101 cm³/mol. The van der Waals surface area contributed by atoms with Crippen molar-refractivity contribution in [3.63, 3.8) is 0 Å². The third-order valence-corrected chi connectivity index (χ3v) is 5.66. The molecule has 0 saturated carbocycles. The monoisotopic (exact) mass is 368 g/mol. The molecule has 27 heavy (non-hydrogen) atoms. The number of benzene rings is 2. The van der Waals surface area contributed by atoms with Crippen molar-refractivity contribution in [1.82, 2.24) is 10.2 Å². The lowest BCUT2D eigenvalue weighted by atomic mass is 9.86. The van der Waals surface area contributed by atoms with Crippen molar-refractivity contribution in [2.75, 3.05) is 19.6 Å². The fraction of sp³-hybridized carbons (Fsp3) is 0.409. The Morgan fingerprint density at radius 2 is 1.81 bits per heavy atom. The molecule has 3 aliphatic rings. The van der Waals surface area contributed by atoms with Crippen molar-refractivity contribution in [2.45, 2.75) is 31.5 Å². The Bertz CT molecular complexity index is 758. The van der Waals surface area contributed by atoms with Crippen molar-refractivity contribution in [3.8, 4) is 0 Å². The number of halogens is 1. The first kappa shape index (κ1) is 18.1. The van der Waals surface area contributed by atoms with Gasteiger partial charge in [0.05, 0.1) is 0 Å². The van der Waals surface area contributed by atoms with Gasteiger partial charge in [-0.15, -0.1) is 0 Å². The zero-order chi connectivity index (χ0) is 18.6. The van der Waals surface area contributed by atoms with Crippen molar-refractivity contribution in [1.29, 1.82) is 0 Å². The number of fused-ring (bicyclic) bond motifs is 3. The standard InChI is InChI=1S/C22H25FN2O2/c23-19-8-6-16(7-9-19)14-24-21(18-4-2-1-3-5-18)22(26)27-20-15-25-12-10-17(20)11-13-25/h1-9,17,20-21,24H,10-15H2/t20?,21-/m1/s1. The van der Waals surface area contributed by atoms with E-state index in [2.05, 4.69) is 10.2 Å². The lowest BCUT2D eigenvalue weighted by Gasteiger charge is -2.44. The van der Waals surface area contributed by atoms with Gasteiger partial charge in [0.15, 0.2) is 0 Å². The van der Waals surface area contributed by atoms with Crippen molar-refractivity contribution in [2.24, 2.45) is 5.92 Å². The van der Waals surface area contributed by atoms with Gasteiger partial charge < -0.3 is 4.74 Å². The summed E-state index contributed by atoms with van der Waals surface area (Å²) in [4.78, 5) is 15.4. The molecule has 0 aliphatic carbocycles. The summed E-state index contributed by atoms with van der Waals surface area (Å²) in [5.74, 6) is -0.0188. The summed E-state index contributed by atoms with van der Waals surface area (Å²) in [5.41, 5.74) is 1.80. The lowest BCUT2D eigenvalue weighted by molar-refractivity contribution is -0.161. The number of carbonyl (C=O) groups is 1. The van der Waals surface area contributed by atoms with E-state index in [-0.39, 0.29) is 17.9 Å². The summed E-state index contributed by atoms with van der Waals surface area (Å²) in [6, 6.07) is 15.4. The lowest BCUT2D eigenvalue weighted by Crippen LogP contribution is -2.52. The fourth-order valence-electron chi connectivity index (χ4n) is 4.07. The molecule has 0 amide bonds. The second kappa shape index (κ2) is 8.19. The van der Waals surface area contributed by atoms with Gasteiger partial charge in [-0.2, -0.15) is 0 Å². The van der Waals surface area contributed by atoms with Gasteiger partial charge >= 0.3 is 5.97 Å². The Labute approximate surface area is 159 Å². The first-order chi connectivity index (χ1) is 13.2. The molecule has 0 radical (unpaired) electrons. The molecule has 0 aromatic heterocycles. The van der Waals surface area contributed by atoms with Crippen LogP contribution in [0.25, 0.3) is 0 Å². The van der Waals surface area contributed by atoms with Crippen LogP contribution in [-0.4, -0.2) is 36.6 Å². The van der Waals surface area contributed by atoms with E-state index in [9.17, 15) is 9.18 Å². The molecule has 2 bridgehead atoms. The molecular formula is C22H25FN2O2. The molecular weight excluding hydrogens is 343 g/mol. The molecule has 5 rings (SSSR count). The number of nitrogens with one attached hydrogen (secondary N) is 1. The third-order valence-electron chi connectivity index (χ3n) is 5.66. The van der Waals surface area contributed by atoms with Gasteiger partial charge in [0.25, 0.3) is 0 Å². The maximum atomic E-state index is 13.1. The highest BCUT2D eigenvalue weighted by Crippen LogP contribution is 2.30. The molecule has 2 atom stereocenters. The number of esters is 1. The van der Waals surface area contributed by atoms with E-state index in [1.54, 1.807) is 12.1 Å². The van der Waals surface area contributed by atoms with Crippen LogP contribution in [-0.2, 0) is 16.1 Å². The normalized spacial score (nSPS) is 25.1. The molecule has 3 heterocycles. The minimum absolute atomic E-state index is 0.0150. The van der Waals surface area contributed by atoms with Gasteiger partial charge in [-0.3, -0.25) is 10.2 Å². The first-order valence-corrected chi connectivity index (χ1v) is 9.64. The van der Waals surface area contributed by atoms with Gasteiger partial charge in [-0.25, -0.2) is 9.18 Å². The number of hydrogen-bond acceptors (Lipinski definition) is 4. The Hall–Kier alpha value is -2.24. The third kappa shape index (κ3) is 4.37. The van der Waals surface area contributed by atoms with Gasteiger partial charge in [0.2, 0.25) is 0 Å². The van der Waals surface area contributed by atoms with Crippen molar-refractivity contribution < 1.29 is 13.9 Å². The largest absolute Gasteiger partial charge is 0.459 e. The number of nitrogens with zero attached hydrogens (tertiary/aromatic N) is 1. The molecule has 2 aromatic carbocycles. The highest BCUT2D eigenvalue weighted by molar-refractivity contribution is 5.78. The summed E-state index contributed by atoms with van der Waals surface area (Å²) in [7, 11) is 0. The van der Waals surface area contributed by atoms with Crippen LogP contribution < -0.4 is 5.32 Å². The minimum atomic E-state index is -0.535. The van der Waals surface area contributed by atoms with Crippen molar-refractivity contribution >= 4 is 5.97 Å². The maximum absolute atomic E-state index is 13.1. The molecule has 142 valence electrons. The number of hydrogen-bond donors (Lipinski definition) is 1. The van der Waals surface area contributed by atoms with Crippen LogP contribution in [0.2, 0.25) is 0 Å². The highest BCUT2D eigenvalue weighted by Gasteiger charge is 2.37. The summed E-state index contributed by atoms with van der Waals surface area (Å²) in [6.45, 7) is 3.54. The second-order valence-electron chi connectivity index (χ2n) is 7.46. The van der Waals surface area contributed by atoms with Crippen LogP contribution >= 0.6 is 0 Å².